The molecule has 3 heteroatoms. The van der Waals surface area contributed by atoms with Crippen LogP contribution in [0.5, 0.6) is 0 Å². The van der Waals surface area contributed by atoms with Gasteiger partial charge in [-0.25, -0.2) is 0 Å². The van der Waals surface area contributed by atoms with Crippen LogP contribution in [0.15, 0.2) is 12.0 Å². The molecule has 3 nitrogen and oxygen atoms in total. The van der Waals surface area contributed by atoms with Gasteiger partial charge in [-0.1, -0.05) is 0 Å². The first-order valence-electron chi connectivity index (χ1n) is 3.89. The zero-order valence-electron chi connectivity index (χ0n) is 6.06. The lowest BCUT2D eigenvalue weighted by molar-refractivity contribution is 0.267. The fourth-order valence-electron chi connectivity index (χ4n) is 1.46. The molecule has 0 bridgehead atoms. The van der Waals surface area contributed by atoms with Crippen LogP contribution < -0.4 is 10.6 Å². The molecule has 0 radical (unpaired) electrons. The Kier molecular flexibility index (Phi) is 1.42. The van der Waals surface area contributed by atoms with Crippen molar-refractivity contribution in [3.05, 3.63) is 12.0 Å². The van der Waals surface area contributed by atoms with Crippen molar-refractivity contribution < 1.29 is 0 Å². The summed E-state index contributed by atoms with van der Waals surface area (Å²) in [6.45, 7) is 4.59. The first-order valence-corrected chi connectivity index (χ1v) is 3.89. The Labute approximate surface area is 61.1 Å². The molecule has 0 aromatic carbocycles. The largest absolute Gasteiger partial charge is 0.386 e. The van der Waals surface area contributed by atoms with E-state index in [9.17, 15) is 0 Å². The summed E-state index contributed by atoms with van der Waals surface area (Å²) in [4.78, 5) is 2.39. The van der Waals surface area contributed by atoms with Crippen LogP contribution in [-0.4, -0.2) is 31.1 Å². The molecule has 0 spiro atoms. The third-order valence-electron chi connectivity index (χ3n) is 2.02. The summed E-state index contributed by atoms with van der Waals surface area (Å²) in [6.07, 6.45) is 3.35. The molecule has 1 fully saturated rings. The van der Waals surface area contributed by atoms with Crippen molar-refractivity contribution in [3.63, 3.8) is 0 Å². The standard InChI is InChI=1S/C7H13N3/c1-2-9-7-6-8-3-5-10(7)4-1/h6,8-9H,1-5H2. The summed E-state index contributed by atoms with van der Waals surface area (Å²) in [7, 11) is 0. The second-order valence-electron chi connectivity index (χ2n) is 2.75. The van der Waals surface area contributed by atoms with Gasteiger partial charge in [0.25, 0.3) is 0 Å². The molecular weight excluding hydrogens is 126 g/mol. The molecule has 0 saturated carbocycles. The average molecular weight is 139 g/mol. The summed E-state index contributed by atoms with van der Waals surface area (Å²) in [6, 6.07) is 0. The second-order valence-corrected chi connectivity index (χ2v) is 2.75. The van der Waals surface area contributed by atoms with Crippen molar-refractivity contribution in [1.82, 2.24) is 15.5 Å². The monoisotopic (exact) mass is 139 g/mol. The molecule has 2 heterocycles. The summed E-state index contributed by atoms with van der Waals surface area (Å²) >= 11 is 0. The summed E-state index contributed by atoms with van der Waals surface area (Å²) in [5, 5.41) is 6.56. The van der Waals surface area contributed by atoms with E-state index in [1.807, 2.05) is 0 Å². The number of hydrogen-bond donors (Lipinski definition) is 2. The van der Waals surface area contributed by atoms with E-state index in [4.69, 9.17) is 0 Å². The Hall–Kier alpha value is -0.860. The fraction of sp³-hybridized carbons (Fsp3) is 0.714. The van der Waals surface area contributed by atoms with E-state index < -0.39 is 0 Å². The highest BCUT2D eigenvalue weighted by molar-refractivity contribution is 5.03. The molecular formula is C7H13N3. The molecule has 1 saturated heterocycles. The fourth-order valence-corrected chi connectivity index (χ4v) is 1.46. The van der Waals surface area contributed by atoms with Crippen LogP contribution in [0, 0.1) is 0 Å². The predicted molar refractivity (Wildman–Crippen MR) is 40.3 cm³/mol. The van der Waals surface area contributed by atoms with E-state index in [-0.39, 0.29) is 0 Å². The van der Waals surface area contributed by atoms with Crippen LogP contribution in [0.25, 0.3) is 0 Å². The molecule has 0 amide bonds. The van der Waals surface area contributed by atoms with E-state index in [2.05, 4.69) is 21.7 Å². The van der Waals surface area contributed by atoms with Crippen LogP contribution in [0.2, 0.25) is 0 Å². The first-order chi connectivity index (χ1) is 4.97. The Balaban J connectivity index is 2.08. The van der Waals surface area contributed by atoms with Gasteiger partial charge in [0.1, 0.15) is 5.82 Å². The van der Waals surface area contributed by atoms with E-state index in [1.165, 1.54) is 18.8 Å². The van der Waals surface area contributed by atoms with Gasteiger partial charge in [-0.05, 0) is 6.42 Å². The zero-order chi connectivity index (χ0) is 6.81. The lowest BCUT2D eigenvalue weighted by atomic mass is 10.3. The highest BCUT2D eigenvalue weighted by Crippen LogP contribution is 2.08. The Morgan fingerprint density at radius 3 is 3.20 bits per heavy atom. The highest BCUT2D eigenvalue weighted by atomic mass is 15.3. The molecule has 0 atom stereocenters. The zero-order valence-corrected chi connectivity index (χ0v) is 6.06. The maximum Gasteiger partial charge on any atom is 0.118 e. The van der Waals surface area contributed by atoms with Crippen molar-refractivity contribution in [2.75, 3.05) is 26.2 Å². The number of nitrogens with zero attached hydrogens (tertiary/aromatic N) is 1. The maximum atomic E-state index is 3.35. The molecule has 56 valence electrons. The van der Waals surface area contributed by atoms with Crippen molar-refractivity contribution in [2.24, 2.45) is 0 Å². The quantitative estimate of drug-likeness (QED) is 0.482. The van der Waals surface area contributed by atoms with Gasteiger partial charge in [0, 0.05) is 32.4 Å². The van der Waals surface area contributed by atoms with Gasteiger partial charge in [-0.2, -0.15) is 0 Å². The number of hydrogen-bond acceptors (Lipinski definition) is 3. The van der Waals surface area contributed by atoms with Crippen molar-refractivity contribution in [2.45, 2.75) is 6.42 Å². The lowest BCUT2D eigenvalue weighted by Gasteiger charge is -2.35. The first kappa shape index (κ1) is 5.89. The Morgan fingerprint density at radius 2 is 2.30 bits per heavy atom. The van der Waals surface area contributed by atoms with Crippen LogP contribution in [0.4, 0.5) is 0 Å². The molecule has 0 unspecified atom stereocenters. The second kappa shape index (κ2) is 2.40. The van der Waals surface area contributed by atoms with Gasteiger partial charge in [0.05, 0.1) is 0 Å². The minimum atomic E-state index is 1.09. The summed E-state index contributed by atoms with van der Waals surface area (Å²) in [5.41, 5.74) is 0. The van der Waals surface area contributed by atoms with Crippen molar-refractivity contribution in [3.8, 4) is 0 Å². The Bertz CT molecular complexity index is 153. The number of nitrogens with one attached hydrogen (secondary N) is 2. The minimum absolute atomic E-state index is 1.09. The van der Waals surface area contributed by atoms with Gasteiger partial charge in [0.2, 0.25) is 0 Å². The van der Waals surface area contributed by atoms with Crippen LogP contribution in [0.3, 0.4) is 0 Å². The van der Waals surface area contributed by atoms with Gasteiger partial charge in [0.15, 0.2) is 0 Å². The summed E-state index contributed by atoms with van der Waals surface area (Å²) in [5.74, 6) is 1.28. The average Bonchev–Trinajstić information content (AvgIpc) is 2.05. The number of rotatable bonds is 0. The summed E-state index contributed by atoms with van der Waals surface area (Å²) < 4.78 is 0. The van der Waals surface area contributed by atoms with E-state index in [0.29, 0.717) is 0 Å². The van der Waals surface area contributed by atoms with Gasteiger partial charge in [-0.3, -0.25) is 0 Å². The third kappa shape index (κ3) is 0.916. The highest BCUT2D eigenvalue weighted by Gasteiger charge is 2.15. The van der Waals surface area contributed by atoms with Crippen LogP contribution in [0.1, 0.15) is 6.42 Å². The maximum absolute atomic E-state index is 3.35. The van der Waals surface area contributed by atoms with Crippen molar-refractivity contribution >= 4 is 0 Å². The van der Waals surface area contributed by atoms with Gasteiger partial charge < -0.3 is 15.5 Å². The molecule has 0 aromatic heterocycles. The minimum Gasteiger partial charge on any atom is -0.386 e. The van der Waals surface area contributed by atoms with Gasteiger partial charge >= 0.3 is 0 Å². The Morgan fingerprint density at radius 1 is 1.30 bits per heavy atom. The molecule has 0 aliphatic carbocycles. The topological polar surface area (TPSA) is 27.3 Å². The molecule has 2 N–H and O–H groups in total. The third-order valence-corrected chi connectivity index (χ3v) is 2.02. The SMILES string of the molecule is C1=C2NCCCN2CCN1. The molecule has 2 rings (SSSR count). The van der Waals surface area contributed by atoms with Crippen molar-refractivity contribution in [1.29, 1.82) is 0 Å². The molecule has 0 aromatic rings. The van der Waals surface area contributed by atoms with Crippen LogP contribution in [-0.2, 0) is 0 Å². The van der Waals surface area contributed by atoms with E-state index >= 15 is 0 Å². The lowest BCUT2D eigenvalue weighted by Crippen LogP contribution is -2.45. The smallest absolute Gasteiger partial charge is 0.118 e. The predicted octanol–water partition coefficient (Wildman–Crippen LogP) is -0.316. The normalized spacial score (nSPS) is 24.0. The van der Waals surface area contributed by atoms with E-state index in [0.717, 1.165) is 19.6 Å². The van der Waals surface area contributed by atoms with Crippen LogP contribution >= 0.6 is 0 Å². The molecule has 2 aliphatic heterocycles. The number of fused-ring (bicyclic) bond motifs is 1. The molecule has 2 aliphatic rings. The van der Waals surface area contributed by atoms with Gasteiger partial charge in [-0.15, -0.1) is 0 Å². The van der Waals surface area contributed by atoms with E-state index in [1.54, 1.807) is 0 Å². The molecule has 10 heavy (non-hydrogen) atoms.